The Morgan fingerprint density at radius 3 is 2.89 bits per heavy atom. The molecule has 86 valence electrons. The van der Waals surface area contributed by atoms with E-state index >= 15 is 0 Å². The van der Waals surface area contributed by atoms with Crippen molar-refractivity contribution in [2.75, 3.05) is 0 Å². The number of hydrogen-bond donors (Lipinski definition) is 0. The van der Waals surface area contributed by atoms with E-state index in [2.05, 4.69) is 4.98 Å². The summed E-state index contributed by atoms with van der Waals surface area (Å²) in [5, 5.41) is 10.7. The Labute approximate surface area is 108 Å². The number of aromatic nitrogens is 2. The van der Waals surface area contributed by atoms with Gasteiger partial charge in [0, 0.05) is 23.2 Å². The third-order valence-electron chi connectivity index (χ3n) is 2.66. The summed E-state index contributed by atoms with van der Waals surface area (Å²) in [7, 11) is 0. The van der Waals surface area contributed by atoms with Crippen LogP contribution in [-0.4, -0.2) is 9.38 Å². The second-order valence-electron chi connectivity index (χ2n) is 3.73. The fourth-order valence-corrected chi connectivity index (χ4v) is 2.61. The lowest BCUT2D eigenvalue weighted by molar-refractivity contribution is 1.21. The lowest BCUT2D eigenvalue weighted by atomic mass is 10.1. The first-order valence-corrected chi connectivity index (χ1v) is 6.35. The molecule has 0 aliphatic carbocycles. The Morgan fingerprint density at radius 2 is 2.11 bits per heavy atom. The van der Waals surface area contributed by atoms with Crippen molar-refractivity contribution in [3.05, 3.63) is 53.7 Å². The number of fused-ring (bicyclic) bond motifs is 1. The van der Waals surface area contributed by atoms with Crippen LogP contribution in [0.15, 0.2) is 48.0 Å². The number of imidazole rings is 1. The van der Waals surface area contributed by atoms with Gasteiger partial charge in [0.05, 0.1) is 17.5 Å². The zero-order valence-corrected chi connectivity index (χ0v) is 10.3. The fourth-order valence-electron chi connectivity index (χ4n) is 1.89. The molecular formula is C14H9N3S. The molecule has 3 rings (SSSR count). The van der Waals surface area contributed by atoms with Gasteiger partial charge in [0.25, 0.3) is 0 Å². The van der Waals surface area contributed by atoms with Crippen molar-refractivity contribution in [3.63, 3.8) is 0 Å². The van der Waals surface area contributed by atoms with Crippen LogP contribution in [0.25, 0.3) is 22.3 Å². The highest BCUT2D eigenvalue weighted by Crippen LogP contribution is 2.27. The van der Waals surface area contributed by atoms with Crippen molar-refractivity contribution < 1.29 is 0 Å². The molecule has 0 amide bonds. The summed E-state index contributed by atoms with van der Waals surface area (Å²) in [6.07, 6.45) is 5.25. The molecule has 0 radical (unpaired) electrons. The Kier molecular flexibility index (Phi) is 2.67. The fraction of sp³-hybridized carbons (Fsp3) is 0. The van der Waals surface area contributed by atoms with E-state index in [-0.39, 0.29) is 0 Å². The van der Waals surface area contributed by atoms with Gasteiger partial charge in [-0.05, 0) is 6.08 Å². The highest BCUT2D eigenvalue weighted by molar-refractivity contribution is 7.15. The van der Waals surface area contributed by atoms with Gasteiger partial charge >= 0.3 is 0 Å². The molecule has 0 aliphatic rings. The number of rotatable bonds is 2. The van der Waals surface area contributed by atoms with Gasteiger partial charge in [-0.2, -0.15) is 5.26 Å². The maximum absolute atomic E-state index is 8.69. The molecule has 0 fully saturated rings. The van der Waals surface area contributed by atoms with Crippen LogP contribution in [0.3, 0.4) is 0 Å². The molecule has 0 bridgehead atoms. The van der Waals surface area contributed by atoms with Crippen LogP contribution < -0.4 is 0 Å². The number of thiazole rings is 1. The normalized spacial score (nSPS) is 11.1. The molecule has 0 aliphatic heterocycles. The van der Waals surface area contributed by atoms with Crippen molar-refractivity contribution in [2.24, 2.45) is 0 Å². The summed E-state index contributed by atoms with van der Waals surface area (Å²) in [6, 6.07) is 12.0. The van der Waals surface area contributed by atoms with Crippen molar-refractivity contribution in [2.45, 2.75) is 0 Å². The minimum atomic E-state index is 0.911. The first-order valence-electron chi connectivity index (χ1n) is 5.47. The smallest absolute Gasteiger partial charge is 0.194 e. The minimum Gasteiger partial charge on any atom is -0.290 e. The predicted molar refractivity (Wildman–Crippen MR) is 73.2 cm³/mol. The largest absolute Gasteiger partial charge is 0.290 e. The van der Waals surface area contributed by atoms with Gasteiger partial charge in [-0.15, -0.1) is 11.3 Å². The molecule has 0 unspecified atom stereocenters. The molecule has 0 saturated heterocycles. The molecule has 3 aromatic rings. The monoisotopic (exact) mass is 251 g/mol. The van der Waals surface area contributed by atoms with E-state index < -0.39 is 0 Å². The van der Waals surface area contributed by atoms with E-state index in [0.717, 1.165) is 21.9 Å². The van der Waals surface area contributed by atoms with Gasteiger partial charge in [-0.1, -0.05) is 30.3 Å². The van der Waals surface area contributed by atoms with Crippen molar-refractivity contribution in [1.82, 2.24) is 9.38 Å². The zero-order chi connectivity index (χ0) is 12.4. The number of allylic oxidation sites excluding steroid dienone is 1. The lowest BCUT2D eigenvalue weighted by Gasteiger charge is -1.98. The third kappa shape index (κ3) is 1.71. The minimum absolute atomic E-state index is 0.911. The quantitative estimate of drug-likeness (QED) is 0.653. The summed E-state index contributed by atoms with van der Waals surface area (Å²) in [6.45, 7) is 0. The number of benzene rings is 1. The average molecular weight is 251 g/mol. The Morgan fingerprint density at radius 1 is 1.28 bits per heavy atom. The van der Waals surface area contributed by atoms with Crippen LogP contribution in [0.2, 0.25) is 0 Å². The second kappa shape index (κ2) is 4.47. The summed E-state index contributed by atoms with van der Waals surface area (Å²) in [5.41, 5.74) is 2.92. The Hall–Kier alpha value is -2.38. The standard InChI is InChI=1S/C14H9N3S/c15-8-4-7-12-13(11-5-2-1-3-6-11)16-14-17(12)9-10-18-14/h1-7,9-10H. The van der Waals surface area contributed by atoms with Crippen molar-refractivity contribution in [1.29, 1.82) is 5.26 Å². The lowest BCUT2D eigenvalue weighted by Crippen LogP contribution is -1.84. The van der Waals surface area contributed by atoms with Crippen LogP contribution in [0.1, 0.15) is 5.69 Å². The van der Waals surface area contributed by atoms with Crippen LogP contribution in [-0.2, 0) is 0 Å². The van der Waals surface area contributed by atoms with Crippen LogP contribution in [0.5, 0.6) is 0 Å². The summed E-state index contributed by atoms with van der Waals surface area (Å²) in [4.78, 5) is 5.55. The van der Waals surface area contributed by atoms with E-state index in [1.54, 1.807) is 17.4 Å². The maximum atomic E-state index is 8.69. The topological polar surface area (TPSA) is 41.1 Å². The van der Waals surface area contributed by atoms with Gasteiger partial charge in [0.1, 0.15) is 0 Å². The number of nitrogens with zero attached hydrogens (tertiary/aromatic N) is 3. The molecule has 18 heavy (non-hydrogen) atoms. The average Bonchev–Trinajstić information content (AvgIpc) is 2.98. The van der Waals surface area contributed by atoms with Crippen LogP contribution in [0.4, 0.5) is 0 Å². The van der Waals surface area contributed by atoms with E-state index in [9.17, 15) is 0 Å². The van der Waals surface area contributed by atoms with Crippen molar-refractivity contribution >= 4 is 22.4 Å². The van der Waals surface area contributed by atoms with E-state index in [4.69, 9.17) is 5.26 Å². The molecule has 0 atom stereocenters. The zero-order valence-electron chi connectivity index (χ0n) is 9.45. The molecule has 2 heterocycles. The van der Waals surface area contributed by atoms with Crippen LogP contribution >= 0.6 is 11.3 Å². The van der Waals surface area contributed by atoms with Gasteiger partial charge in [-0.3, -0.25) is 4.40 Å². The Bertz CT molecular complexity index is 744. The van der Waals surface area contributed by atoms with E-state index in [1.165, 1.54) is 6.08 Å². The predicted octanol–water partition coefficient (Wildman–Crippen LogP) is 3.60. The third-order valence-corrected chi connectivity index (χ3v) is 3.42. The first-order chi connectivity index (χ1) is 8.90. The van der Waals surface area contributed by atoms with E-state index in [1.807, 2.05) is 52.4 Å². The van der Waals surface area contributed by atoms with Gasteiger partial charge in [-0.25, -0.2) is 4.98 Å². The SMILES string of the molecule is N#CC=Cc1c(-c2ccccc2)nc2sccn12. The highest BCUT2D eigenvalue weighted by Gasteiger charge is 2.11. The van der Waals surface area contributed by atoms with E-state index in [0.29, 0.717) is 0 Å². The van der Waals surface area contributed by atoms with Gasteiger partial charge in [0.15, 0.2) is 4.96 Å². The van der Waals surface area contributed by atoms with Gasteiger partial charge in [0.2, 0.25) is 0 Å². The molecule has 2 aromatic heterocycles. The molecule has 4 heteroatoms. The van der Waals surface area contributed by atoms with Gasteiger partial charge < -0.3 is 0 Å². The molecule has 3 nitrogen and oxygen atoms in total. The highest BCUT2D eigenvalue weighted by atomic mass is 32.1. The maximum Gasteiger partial charge on any atom is 0.194 e. The first kappa shape index (κ1) is 10.8. The second-order valence-corrected chi connectivity index (χ2v) is 4.60. The molecule has 1 aromatic carbocycles. The summed E-state index contributed by atoms with van der Waals surface area (Å²) in [5.74, 6) is 0. The number of hydrogen-bond acceptors (Lipinski definition) is 3. The van der Waals surface area contributed by atoms with Crippen LogP contribution in [0, 0.1) is 11.3 Å². The Balaban J connectivity index is 2.26. The summed E-state index contributed by atoms with van der Waals surface area (Å²) < 4.78 is 2.00. The van der Waals surface area contributed by atoms with Crippen molar-refractivity contribution in [3.8, 4) is 17.3 Å². The number of nitriles is 1. The molecule has 0 N–H and O–H groups in total. The molecular weight excluding hydrogens is 242 g/mol. The summed E-state index contributed by atoms with van der Waals surface area (Å²) >= 11 is 1.59. The molecule has 0 spiro atoms. The molecule has 0 saturated carbocycles.